The van der Waals surface area contributed by atoms with E-state index < -0.39 is 0 Å². The molecule has 4 N–H and O–H groups in total. The Balaban J connectivity index is 2.28. The number of hydrogen-bond acceptors (Lipinski definition) is 4. The first-order valence-electron chi connectivity index (χ1n) is 6.40. The van der Waals surface area contributed by atoms with Gasteiger partial charge in [0.2, 0.25) is 0 Å². The first kappa shape index (κ1) is 13.2. The van der Waals surface area contributed by atoms with Crippen molar-refractivity contribution in [2.45, 2.75) is 26.3 Å². The summed E-state index contributed by atoms with van der Waals surface area (Å²) in [4.78, 5) is 0. The van der Waals surface area contributed by atoms with E-state index in [9.17, 15) is 0 Å². The smallest absolute Gasteiger partial charge is 0.161 e. The zero-order valence-electron chi connectivity index (χ0n) is 11.1. The van der Waals surface area contributed by atoms with E-state index in [-0.39, 0.29) is 11.5 Å². The number of rotatable bonds is 3. The molecule has 1 aliphatic heterocycles. The fourth-order valence-corrected chi connectivity index (χ4v) is 1.95. The van der Waals surface area contributed by atoms with Gasteiger partial charge in [0.25, 0.3) is 0 Å². The first-order valence-corrected chi connectivity index (χ1v) is 6.40. The zero-order valence-corrected chi connectivity index (χ0v) is 11.1. The standard InChI is InChI=1S/C14H22N2O2/c1-14(2,9-15)13(16)10-4-5-11-12(8-10)18-7-3-6-17-11/h4-5,8,13H,3,6-7,9,15-16H2,1-2H3. The molecule has 2 rings (SSSR count). The maximum atomic E-state index is 6.28. The molecule has 1 aliphatic rings. The van der Waals surface area contributed by atoms with Crippen molar-refractivity contribution >= 4 is 0 Å². The molecule has 1 unspecified atom stereocenters. The average molecular weight is 250 g/mol. The molecule has 4 heteroatoms. The van der Waals surface area contributed by atoms with Gasteiger partial charge >= 0.3 is 0 Å². The Labute approximate surface area is 108 Å². The third-order valence-electron chi connectivity index (χ3n) is 3.50. The quantitative estimate of drug-likeness (QED) is 0.858. The van der Waals surface area contributed by atoms with Crippen molar-refractivity contribution < 1.29 is 9.47 Å². The van der Waals surface area contributed by atoms with Crippen molar-refractivity contribution in [3.8, 4) is 11.5 Å². The van der Waals surface area contributed by atoms with Crippen molar-refractivity contribution in [1.82, 2.24) is 0 Å². The summed E-state index contributed by atoms with van der Waals surface area (Å²) in [6.45, 7) is 6.07. The van der Waals surface area contributed by atoms with Gasteiger partial charge in [-0.3, -0.25) is 0 Å². The Bertz CT molecular complexity index is 418. The van der Waals surface area contributed by atoms with Gasteiger partial charge in [-0.1, -0.05) is 19.9 Å². The van der Waals surface area contributed by atoms with E-state index >= 15 is 0 Å². The van der Waals surface area contributed by atoms with E-state index in [1.165, 1.54) is 0 Å². The zero-order chi connectivity index (χ0) is 13.2. The molecule has 0 saturated heterocycles. The summed E-state index contributed by atoms with van der Waals surface area (Å²) in [5.41, 5.74) is 12.9. The highest BCUT2D eigenvalue weighted by Gasteiger charge is 2.27. The van der Waals surface area contributed by atoms with Gasteiger partial charge in [-0.25, -0.2) is 0 Å². The summed E-state index contributed by atoms with van der Waals surface area (Å²) in [5.74, 6) is 1.59. The monoisotopic (exact) mass is 250 g/mol. The largest absolute Gasteiger partial charge is 0.490 e. The number of fused-ring (bicyclic) bond motifs is 1. The van der Waals surface area contributed by atoms with Crippen molar-refractivity contribution in [3.05, 3.63) is 23.8 Å². The molecule has 0 radical (unpaired) electrons. The van der Waals surface area contributed by atoms with Crippen LogP contribution in [0.3, 0.4) is 0 Å². The van der Waals surface area contributed by atoms with Crippen molar-refractivity contribution in [2.24, 2.45) is 16.9 Å². The Morgan fingerprint density at radius 3 is 2.56 bits per heavy atom. The van der Waals surface area contributed by atoms with E-state index in [1.54, 1.807) is 0 Å². The van der Waals surface area contributed by atoms with Crippen LogP contribution in [0.25, 0.3) is 0 Å². The summed E-state index contributed by atoms with van der Waals surface area (Å²) >= 11 is 0. The molecule has 0 amide bonds. The summed E-state index contributed by atoms with van der Waals surface area (Å²) in [5, 5.41) is 0. The van der Waals surface area contributed by atoms with Crippen molar-refractivity contribution in [1.29, 1.82) is 0 Å². The molecule has 1 heterocycles. The molecule has 1 aromatic rings. The second-order valence-electron chi connectivity index (χ2n) is 5.43. The highest BCUT2D eigenvalue weighted by Crippen LogP contribution is 2.36. The van der Waals surface area contributed by atoms with Gasteiger partial charge in [-0.15, -0.1) is 0 Å². The van der Waals surface area contributed by atoms with E-state index in [4.69, 9.17) is 20.9 Å². The lowest BCUT2D eigenvalue weighted by molar-refractivity contribution is 0.294. The lowest BCUT2D eigenvalue weighted by atomic mass is 9.81. The van der Waals surface area contributed by atoms with Gasteiger partial charge in [0, 0.05) is 12.5 Å². The Morgan fingerprint density at radius 1 is 1.22 bits per heavy atom. The summed E-state index contributed by atoms with van der Waals surface area (Å²) in [6, 6.07) is 5.79. The van der Waals surface area contributed by atoms with Crippen LogP contribution in [0.15, 0.2) is 18.2 Å². The Hall–Kier alpha value is -1.26. The topological polar surface area (TPSA) is 70.5 Å². The van der Waals surface area contributed by atoms with Crippen LogP contribution in [0.2, 0.25) is 0 Å². The van der Waals surface area contributed by atoms with Crippen LogP contribution < -0.4 is 20.9 Å². The number of hydrogen-bond donors (Lipinski definition) is 2. The lowest BCUT2D eigenvalue weighted by Gasteiger charge is -2.30. The normalized spacial score (nSPS) is 17.1. The Morgan fingerprint density at radius 2 is 1.89 bits per heavy atom. The highest BCUT2D eigenvalue weighted by molar-refractivity contribution is 5.44. The number of benzene rings is 1. The average Bonchev–Trinajstić information content (AvgIpc) is 2.62. The lowest BCUT2D eigenvalue weighted by Crippen LogP contribution is -2.35. The molecular weight excluding hydrogens is 228 g/mol. The summed E-state index contributed by atoms with van der Waals surface area (Å²) in [7, 11) is 0. The summed E-state index contributed by atoms with van der Waals surface area (Å²) in [6.07, 6.45) is 0.907. The first-order chi connectivity index (χ1) is 8.54. The molecular formula is C14H22N2O2. The van der Waals surface area contributed by atoms with E-state index in [0.717, 1.165) is 23.5 Å². The van der Waals surface area contributed by atoms with Crippen molar-refractivity contribution in [3.63, 3.8) is 0 Å². The van der Waals surface area contributed by atoms with E-state index in [1.807, 2.05) is 18.2 Å². The molecule has 0 aromatic heterocycles. The van der Waals surface area contributed by atoms with Crippen molar-refractivity contribution in [2.75, 3.05) is 19.8 Å². The maximum absolute atomic E-state index is 6.28. The van der Waals surface area contributed by atoms with E-state index in [0.29, 0.717) is 19.8 Å². The highest BCUT2D eigenvalue weighted by atomic mass is 16.5. The minimum atomic E-state index is -0.139. The van der Waals surface area contributed by atoms with Crippen LogP contribution in [0, 0.1) is 5.41 Å². The van der Waals surface area contributed by atoms with Crippen LogP contribution >= 0.6 is 0 Å². The minimum absolute atomic E-state index is 0.111. The van der Waals surface area contributed by atoms with Gasteiger partial charge in [-0.05, 0) is 29.7 Å². The fraction of sp³-hybridized carbons (Fsp3) is 0.571. The molecule has 0 saturated carbocycles. The molecule has 0 aliphatic carbocycles. The SMILES string of the molecule is CC(C)(CN)C(N)c1ccc2c(c1)OCCCO2. The molecule has 4 nitrogen and oxygen atoms in total. The van der Waals surface area contributed by atoms with Crippen LogP contribution in [0.4, 0.5) is 0 Å². The predicted molar refractivity (Wildman–Crippen MR) is 71.8 cm³/mol. The number of nitrogens with two attached hydrogens (primary N) is 2. The molecule has 1 aromatic carbocycles. The fourth-order valence-electron chi connectivity index (χ4n) is 1.95. The van der Waals surface area contributed by atoms with Crippen LogP contribution in [0.1, 0.15) is 31.9 Å². The molecule has 0 bridgehead atoms. The van der Waals surface area contributed by atoms with Gasteiger partial charge in [0.1, 0.15) is 0 Å². The third kappa shape index (κ3) is 2.60. The molecule has 0 spiro atoms. The summed E-state index contributed by atoms with van der Waals surface area (Å²) < 4.78 is 11.3. The molecule has 100 valence electrons. The van der Waals surface area contributed by atoms with Crippen LogP contribution in [-0.4, -0.2) is 19.8 Å². The van der Waals surface area contributed by atoms with Gasteiger partial charge in [-0.2, -0.15) is 0 Å². The number of ether oxygens (including phenoxy) is 2. The van der Waals surface area contributed by atoms with E-state index in [2.05, 4.69) is 13.8 Å². The second kappa shape index (κ2) is 5.16. The predicted octanol–water partition coefficient (Wildman–Crippen LogP) is 1.83. The van der Waals surface area contributed by atoms with Gasteiger partial charge in [0.15, 0.2) is 11.5 Å². The minimum Gasteiger partial charge on any atom is -0.490 e. The van der Waals surface area contributed by atoms with Crippen LogP contribution in [0.5, 0.6) is 11.5 Å². The molecule has 0 fully saturated rings. The molecule has 18 heavy (non-hydrogen) atoms. The van der Waals surface area contributed by atoms with Crippen LogP contribution in [-0.2, 0) is 0 Å². The van der Waals surface area contributed by atoms with Gasteiger partial charge in [0.05, 0.1) is 13.2 Å². The molecule has 1 atom stereocenters. The third-order valence-corrected chi connectivity index (χ3v) is 3.50. The maximum Gasteiger partial charge on any atom is 0.161 e. The Kier molecular flexibility index (Phi) is 3.78. The second-order valence-corrected chi connectivity index (χ2v) is 5.43. The van der Waals surface area contributed by atoms with Gasteiger partial charge < -0.3 is 20.9 Å².